The first-order valence-corrected chi connectivity index (χ1v) is 14.7. The van der Waals surface area contributed by atoms with Crippen molar-refractivity contribution in [3.8, 4) is 0 Å². The normalized spacial score (nSPS) is 12.2. The van der Waals surface area contributed by atoms with Crippen LogP contribution < -0.4 is 9.62 Å². The molecular weight excluding hydrogens is 590 g/mol. The van der Waals surface area contributed by atoms with Gasteiger partial charge in [-0.15, -0.1) is 0 Å². The third-order valence-corrected chi connectivity index (χ3v) is 8.40. The Morgan fingerprint density at radius 3 is 2.18 bits per heavy atom. The van der Waals surface area contributed by atoms with Crippen LogP contribution in [-0.2, 0) is 26.2 Å². The number of amides is 2. The zero-order valence-electron chi connectivity index (χ0n) is 21.7. The van der Waals surface area contributed by atoms with Crippen LogP contribution in [0.5, 0.6) is 0 Å². The molecule has 0 aromatic heterocycles. The van der Waals surface area contributed by atoms with Crippen LogP contribution in [0.2, 0.25) is 5.02 Å². The number of benzene rings is 3. The quantitative estimate of drug-likeness (QED) is 0.322. The van der Waals surface area contributed by atoms with Gasteiger partial charge >= 0.3 is 0 Å². The molecule has 1 N–H and O–H groups in total. The summed E-state index contributed by atoms with van der Waals surface area (Å²) in [7, 11) is -4.14. The Labute approximate surface area is 238 Å². The van der Waals surface area contributed by atoms with E-state index in [9.17, 15) is 18.0 Å². The highest BCUT2D eigenvalue weighted by molar-refractivity contribution is 9.10. The fourth-order valence-electron chi connectivity index (χ4n) is 3.77. The van der Waals surface area contributed by atoms with Gasteiger partial charge in [0.15, 0.2) is 0 Å². The molecule has 0 saturated heterocycles. The van der Waals surface area contributed by atoms with Crippen LogP contribution in [0.1, 0.15) is 31.9 Å². The SMILES string of the molecule is Cc1ccc(S(=O)(=O)N(CC(=O)N(Cc2ccc(Br)cc2)[C@@H](C)C(=O)NC(C)C)c2cccc(Cl)c2)cc1. The van der Waals surface area contributed by atoms with E-state index in [2.05, 4.69) is 21.2 Å². The van der Waals surface area contributed by atoms with Crippen molar-refractivity contribution in [2.45, 2.75) is 51.2 Å². The van der Waals surface area contributed by atoms with Gasteiger partial charge < -0.3 is 10.2 Å². The number of carbonyl (C=O) groups excluding carboxylic acids is 2. The lowest BCUT2D eigenvalue weighted by atomic mass is 10.1. The van der Waals surface area contributed by atoms with Gasteiger partial charge in [0.2, 0.25) is 11.8 Å². The third kappa shape index (κ3) is 7.58. The van der Waals surface area contributed by atoms with Gasteiger partial charge in [-0.05, 0) is 75.7 Å². The van der Waals surface area contributed by atoms with Gasteiger partial charge in [-0.3, -0.25) is 13.9 Å². The van der Waals surface area contributed by atoms with Crippen LogP contribution in [-0.4, -0.2) is 43.8 Å². The average molecular weight is 621 g/mol. The molecule has 38 heavy (non-hydrogen) atoms. The minimum Gasteiger partial charge on any atom is -0.352 e. The van der Waals surface area contributed by atoms with Gasteiger partial charge in [0, 0.05) is 22.1 Å². The molecule has 0 saturated carbocycles. The first kappa shape index (κ1) is 29.7. The first-order valence-electron chi connectivity index (χ1n) is 12.1. The maximum atomic E-state index is 13.8. The van der Waals surface area contributed by atoms with E-state index in [0.29, 0.717) is 5.02 Å². The number of nitrogens with one attached hydrogen (secondary N) is 1. The molecule has 0 radical (unpaired) electrons. The molecule has 202 valence electrons. The van der Waals surface area contributed by atoms with E-state index in [1.54, 1.807) is 37.3 Å². The van der Waals surface area contributed by atoms with Crippen LogP contribution in [0.3, 0.4) is 0 Å². The summed E-state index contributed by atoms with van der Waals surface area (Å²) in [4.78, 5) is 28.2. The number of nitrogens with zero attached hydrogens (tertiary/aromatic N) is 2. The number of hydrogen-bond donors (Lipinski definition) is 1. The fraction of sp³-hybridized carbons (Fsp3) is 0.286. The zero-order chi connectivity index (χ0) is 28.0. The Kier molecular flexibility index (Phi) is 9.98. The summed E-state index contributed by atoms with van der Waals surface area (Å²) in [5, 5.41) is 3.17. The molecule has 7 nitrogen and oxygen atoms in total. The van der Waals surface area contributed by atoms with Gasteiger partial charge in [0.1, 0.15) is 12.6 Å². The second-order valence-corrected chi connectivity index (χ2v) is 12.5. The van der Waals surface area contributed by atoms with Crippen molar-refractivity contribution in [2.24, 2.45) is 0 Å². The van der Waals surface area contributed by atoms with Gasteiger partial charge in [0.05, 0.1) is 10.6 Å². The lowest BCUT2D eigenvalue weighted by molar-refractivity contribution is -0.139. The predicted octanol–water partition coefficient (Wildman–Crippen LogP) is 5.55. The van der Waals surface area contributed by atoms with Crippen LogP contribution in [0, 0.1) is 6.92 Å². The lowest BCUT2D eigenvalue weighted by Crippen LogP contribution is -2.52. The van der Waals surface area contributed by atoms with Crippen molar-refractivity contribution in [1.82, 2.24) is 10.2 Å². The number of carbonyl (C=O) groups is 2. The summed E-state index contributed by atoms with van der Waals surface area (Å²) >= 11 is 9.60. The molecule has 0 bridgehead atoms. The van der Waals surface area contributed by atoms with Crippen LogP contribution in [0.4, 0.5) is 5.69 Å². The van der Waals surface area contributed by atoms with Crippen LogP contribution in [0.25, 0.3) is 0 Å². The number of halogens is 2. The Bertz CT molecular complexity index is 1380. The standard InChI is InChI=1S/C28H31BrClN3O4S/c1-19(2)31-28(35)21(4)32(17-22-10-12-23(29)13-11-22)27(34)18-33(25-7-5-6-24(30)16-25)38(36,37)26-14-8-20(3)9-15-26/h5-16,19,21H,17-18H2,1-4H3,(H,31,35)/t21-/m0/s1. The molecule has 0 fully saturated rings. The molecule has 0 aliphatic carbocycles. The second kappa shape index (κ2) is 12.8. The molecule has 0 aliphatic heterocycles. The highest BCUT2D eigenvalue weighted by Gasteiger charge is 2.32. The monoisotopic (exact) mass is 619 g/mol. The highest BCUT2D eigenvalue weighted by Crippen LogP contribution is 2.27. The molecule has 0 unspecified atom stereocenters. The molecule has 0 heterocycles. The summed E-state index contributed by atoms with van der Waals surface area (Å²) in [6.07, 6.45) is 0. The van der Waals surface area contributed by atoms with Crippen molar-refractivity contribution in [2.75, 3.05) is 10.8 Å². The van der Waals surface area contributed by atoms with Crippen molar-refractivity contribution in [3.63, 3.8) is 0 Å². The molecule has 2 amide bonds. The van der Waals surface area contributed by atoms with E-state index in [1.807, 2.05) is 45.0 Å². The third-order valence-electron chi connectivity index (χ3n) is 5.85. The Balaban J connectivity index is 2.03. The number of anilines is 1. The molecule has 1 atom stereocenters. The molecule has 0 spiro atoms. The zero-order valence-corrected chi connectivity index (χ0v) is 24.8. The summed E-state index contributed by atoms with van der Waals surface area (Å²) in [5.41, 5.74) is 1.94. The van der Waals surface area contributed by atoms with Crippen molar-refractivity contribution < 1.29 is 18.0 Å². The number of rotatable bonds is 10. The van der Waals surface area contributed by atoms with Gasteiger partial charge in [-0.25, -0.2) is 8.42 Å². The second-order valence-electron chi connectivity index (χ2n) is 9.29. The maximum Gasteiger partial charge on any atom is 0.264 e. The number of sulfonamides is 1. The highest BCUT2D eigenvalue weighted by atomic mass is 79.9. The van der Waals surface area contributed by atoms with Crippen molar-refractivity contribution in [3.05, 3.63) is 93.4 Å². The molecule has 3 rings (SSSR count). The fourth-order valence-corrected chi connectivity index (χ4v) is 5.63. The van der Waals surface area contributed by atoms with Gasteiger partial charge in [0.25, 0.3) is 10.0 Å². The lowest BCUT2D eigenvalue weighted by Gasteiger charge is -2.32. The van der Waals surface area contributed by atoms with Gasteiger partial charge in [-0.1, -0.05) is 63.4 Å². The Morgan fingerprint density at radius 2 is 1.61 bits per heavy atom. The summed E-state index contributed by atoms with van der Waals surface area (Å²) < 4.78 is 29.5. The van der Waals surface area contributed by atoms with Crippen molar-refractivity contribution in [1.29, 1.82) is 0 Å². The Morgan fingerprint density at radius 1 is 0.974 bits per heavy atom. The molecule has 3 aromatic rings. The summed E-state index contributed by atoms with van der Waals surface area (Å²) in [5.74, 6) is -0.865. The van der Waals surface area contributed by atoms with Crippen molar-refractivity contribution >= 4 is 55.1 Å². The number of aryl methyl sites for hydroxylation is 1. The topological polar surface area (TPSA) is 86.8 Å². The molecule has 10 heteroatoms. The smallest absolute Gasteiger partial charge is 0.264 e. The largest absolute Gasteiger partial charge is 0.352 e. The maximum absolute atomic E-state index is 13.8. The Hall–Kier alpha value is -2.88. The van der Waals surface area contributed by atoms with Crippen LogP contribution >= 0.6 is 27.5 Å². The van der Waals surface area contributed by atoms with E-state index < -0.39 is 28.5 Å². The van der Waals surface area contributed by atoms with E-state index in [0.717, 1.165) is 19.9 Å². The van der Waals surface area contributed by atoms with Gasteiger partial charge in [-0.2, -0.15) is 0 Å². The van der Waals surface area contributed by atoms with E-state index in [-0.39, 0.29) is 29.1 Å². The average Bonchev–Trinajstić information content (AvgIpc) is 2.86. The van der Waals surface area contributed by atoms with E-state index >= 15 is 0 Å². The number of hydrogen-bond acceptors (Lipinski definition) is 4. The molecule has 3 aromatic carbocycles. The summed E-state index contributed by atoms with van der Waals surface area (Å²) in [6.45, 7) is 6.76. The molecular formula is C28H31BrClN3O4S. The van der Waals surface area contributed by atoms with E-state index in [4.69, 9.17) is 11.6 Å². The minimum atomic E-state index is -4.14. The minimum absolute atomic E-state index is 0.0425. The first-order chi connectivity index (χ1) is 17.9. The predicted molar refractivity (Wildman–Crippen MR) is 155 cm³/mol. The van der Waals surface area contributed by atoms with E-state index in [1.165, 1.54) is 23.1 Å². The molecule has 0 aliphatic rings. The summed E-state index contributed by atoms with van der Waals surface area (Å²) in [6, 6.07) is 19.1. The van der Waals surface area contributed by atoms with Crippen LogP contribution in [0.15, 0.2) is 82.2 Å².